The maximum absolute atomic E-state index is 12.7. The standard InChI is InChI=1S/C25H23Cl2N3O4S/c1-35(33,34)30(22-5-2-4-21(26)24(22)27)16-17-7-9-18(10-8-17)25(32)28-19-11-13-20(14-12-19)29-15-3-6-23(29)31/h2,4-5,7-14H,3,6,15-16H2,1H3,(H,28,32). The molecular weight excluding hydrogens is 509 g/mol. The van der Waals surface area contributed by atoms with Crippen LogP contribution in [-0.2, 0) is 21.4 Å². The predicted octanol–water partition coefficient (Wildman–Crippen LogP) is 5.34. The molecule has 1 aliphatic rings. The third-order valence-electron chi connectivity index (χ3n) is 5.65. The second-order valence-corrected chi connectivity index (χ2v) is 10.9. The van der Waals surface area contributed by atoms with E-state index in [9.17, 15) is 18.0 Å². The first-order valence-corrected chi connectivity index (χ1v) is 13.5. The number of nitrogens with one attached hydrogen (secondary N) is 1. The Morgan fingerprint density at radius 3 is 2.31 bits per heavy atom. The summed E-state index contributed by atoms with van der Waals surface area (Å²) < 4.78 is 26.1. The zero-order valence-corrected chi connectivity index (χ0v) is 21.2. The second kappa shape index (κ2) is 10.3. The van der Waals surface area contributed by atoms with E-state index in [2.05, 4.69) is 5.32 Å². The van der Waals surface area contributed by atoms with Crippen LogP contribution in [0.3, 0.4) is 0 Å². The molecule has 182 valence electrons. The Balaban J connectivity index is 1.45. The van der Waals surface area contributed by atoms with E-state index in [1.54, 1.807) is 59.5 Å². The van der Waals surface area contributed by atoms with Crippen molar-refractivity contribution < 1.29 is 18.0 Å². The van der Waals surface area contributed by atoms with Crippen LogP contribution in [0.15, 0.2) is 66.7 Å². The number of amides is 2. The van der Waals surface area contributed by atoms with E-state index in [-0.39, 0.29) is 34.1 Å². The fourth-order valence-corrected chi connectivity index (χ4v) is 5.18. The summed E-state index contributed by atoms with van der Waals surface area (Å²) in [7, 11) is -3.65. The van der Waals surface area contributed by atoms with Crippen molar-refractivity contribution in [2.45, 2.75) is 19.4 Å². The maximum atomic E-state index is 12.7. The normalized spacial score (nSPS) is 13.7. The van der Waals surface area contributed by atoms with Crippen LogP contribution in [0.2, 0.25) is 10.0 Å². The van der Waals surface area contributed by atoms with E-state index in [4.69, 9.17) is 23.2 Å². The number of hydrogen-bond acceptors (Lipinski definition) is 4. The molecule has 1 heterocycles. The van der Waals surface area contributed by atoms with E-state index in [0.717, 1.165) is 18.4 Å². The summed E-state index contributed by atoms with van der Waals surface area (Å²) in [5.41, 5.74) is 2.78. The van der Waals surface area contributed by atoms with Crippen molar-refractivity contribution in [3.63, 3.8) is 0 Å². The van der Waals surface area contributed by atoms with Crippen molar-refractivity contribution in [2.24, 2.45) is 0 Å². The smallest absolute Gasteiger partial charge is 0.255 e. The Hall–Kier alpha value is -3.07. The number of halogens is 2. The molecule has 3 aromatic carbocycles. The van der Waals surface area contributed by atoms with Crippen molar-refractivity contribution in [3.05, 3.63) is 87.9 Å². The summed E-state index contributed by atoms with van der Waals surface area (Å²) in [5, 5.41) is 3.23. The minimum Gasteiger partial charge on any atom is -0.322 e. The molecule has 1 N–H and O–H groups in total. The molecule has 0 aromatic heterocycles. The molecule has 1 saturated heterocycles. The van der Waals surface area contributed by atoms with Crippen molar-refractivity contribution in [2.75, 3.05) is 27.3 Å². The van der Waals surface area contributed by atoms with E-state index in [1.165, 1.54) is 4.31 Å². The number of carbonyl (C=O) groups excluding carboxylic acids is 2. The highest BCUT2D eigenvalue weighted by atomic mass is 35.5. The Kier molecular flexibility index (Phi) is 7.35. The van der Waals surface area contributed by atoms with Crippen LogP contribution in [0.5, 0.6) is 0 Å². The van der Waals surface area contributed by atoms with Gasteiger partial charge in [0.2, 0.25) is 15.9 Å². The Bertz CT molecular complexity index is 1360. The summed E-state index contributed by atoms with van der Waals surface area (Å²) in [5.74, 6) is -0.201. The zero-order chi connectivity index (χ0) is 25.2. The van der Waals surface area contributed by atoms with Gasteiger partial charge in [-0.05, 0) is 60.5 Å². The lowest BCUT2D eigenvalue weighted by molar-refractivity contribution is -0.117. The third-order valence-corrected chi connectivity index (χ3v) is 7.59. The fourth-order valence-electron chi connectivity index (χ4n) is 3.84. The highest BCUT2D eigenvalue weighted by molar-refractivity contribution is 7.92. The summed E-state index contributed by atoms with van der Waals surface area (Å²) in [6.07, 6.45) is 2.50. The molecule has 1 aliphatic heterocycles. The number of sulfonamides is 1. The maximum Gasteiger partial charge on any atom is 0.255 e. The number of anilines is 3. The predicted molar refractivity (Wildman–Crippen MR) is 140 cm³/mol. The highest BCUT2D eigenvalue weighted by Crippen LogP contribution is 2.34. The van der Waals surface area contributed by atoms with E-state index in [0.29, 0.717) is 29.8 Å². The lowest BCUT2D eigenvalue weighted by Crippen LogP contribution is -2.29. The molecule has 35 heavy (non-hydrogen) atoms. The van der Waals surface area contributed by atoms with Crippen LogP contribution in [0.25, 0.3) is 0 Å². The SMILES string of the molecule is CS(=O)(=O)N(Cc1ccc(C(=O)Nc2ccc(N3CCCC3=O)cc2)cc1)c1cccc(Cl)c1Cl. The van der Waals surface area contributed by atoms with Gasteiger partial charge in [-0.15, -0.1) is 0 Å². The van der Waals surface area contributed by atoms with Gasteiger partial charge in [0, 0.05) is 29.9 Å². The number of nitrogens with zero attached hydrogens (tertiary/aromatic N) is 2. The van der Waals surface area contributed by atoms with Crippen LogP contribution in [0.4, 0.5) is 17.1 Å². The van der Waals surface area contributed by atoms with Gasteiger partial charge in [-0.25, -0.2) is 8.42 Å². The first-order chi connectivity index (χ1) is 16.6. The largest absolute Gasteiger partial charge is 0.322 e. The Morgan fingerprint density at radius 2 is 1.71 bits per heavy atom. The highest BCUT2D eigenvalue weighted by Gasteiger charge is 2.23. The second-order valence-electron chi connectivity index (χ2n) is 8.19. The zero-order valence-electron chi connectivity index (χ0n) is 18.9. The van der Waals surface area contributed by atoms with Gasteiger partial charge < -0.3 is 10.2 Å². The minimum atomic E-state index is -3.65. The average Bonchev–Trinajstić information content (AvgIpc) is 3.25. The molecule has 0 bridgehead atoms. The molecule has 3 aromatic rings. The molecule has 10 heteroatoms. The van der Waals surface area contributed by atoms with Crippen LogP contribution >= 0.6 is 23.2 Å². The molecule has 0 unspecified atom stereocenters. The van der Waals surface area contributed by atoms with Gasteiger partial charge >= 0.3 is 0 Å². The lowest BCUT2D eigenvalue weighted by Gasteiger charge is -2.24. The summed E-state index contributed by atoms with van der Waals surface area (Å²) in [6.45, 7) is 0.731. The van der Waals surface area contributed by atoms with Crippen molar-refractivity contribution in [1.29, 1.82) is 0 Å². The monoisotopic (exact) mass is 531 g/mol. The summed E-state index contributed by atoms with van der Waals surface area (Å²) in [4.78, 5) is 26.3. The van der Waals surface area contributed by atoms with Crippen LogP contribution < -0.4 is 14.5 Å². The van der Waals surface area contributed by atoms with Crippen molar-refractivity contribution >= 4 is 62.1 Å². The molecule has 0 radical (unpaired) electrons. The lowest BCUT2D eigenvalue weighted by atomic mass is 10.1. The number of rotatable bonds is 7. The first-order valence-electron chi connectivity index (χ1n) is 10.9. The molecule has 4 rings (SSSR count). The van der Waals surface area contributed by atoms with Crippen LogP contribution in [0.1, 0.15) is 28.8 Å². The molecule has 0 atom stereocenters. The molecular formula is C25H23Cl2N3O4S. The van der Waals surface area contributed by atoms with Crippen molar-refractivity contribution in [1.82, 2.24) is 0 Å². The topological polar surface area (TPSA) is 86.8 Å². The van der Waals surface area contributed by atoms with Crippen LogP contribution in [0, 0.1) is 0 Å². The number of hydrogen-bond donors (Lipinski definition) is 1. The van der Waals surface area contributed by atoms with Gasteiger partial charge in [-0.1, -0.05) is 41.4 Å². The number of carbonyl (C=O) groups is 2. The molecule has 1 fully saturated rings. The molecule has 0 aliphatic carbocycles. The Morgan fingerprint density at radius 1 is 1.03 bits per heavy atom. The summed E-state index contributed by atoms with van der Waals surface area (Å²) >= 11 is 12.3. The van der Waals surface area contributed by atoms with Gasteiger partial charge in [-0.3, -0.25) is 13.9 Å². The molecule has 7 nitrogen and oxygen atoms in total. The number of benzene rings is 3. The molecule has 2 amide bonds. The van der Waals surface area contributed by atoms with Gasteiger partial charge in [-0.2, -0.15) is 0 Å². The average molecular weight is 532 g/mol. The van der Waals surface area contributed by atoms with Gasteiger partial charge in [0.05, 0.1) is 28.5 Å². The quantitative estimate of drug-likeness (QED) is 0.445. The molecule has 0 spiro atoms. The van der Waals surface area contributed by atoms with E-state index in [1.807, 2.05) is 12.1 Å². The van der Waals surface area contributed by atoms with Gasteiger partial charge in [0.15, 0.2) is 0 Å². The van der Waals surface area contributed by atoms with Crippen molar-refractivity contribution in [3.8, 4) is 0 Å². The minimum absolute atomic E-state index is 0.0253. The molecule has 0 saturated carbocycles. The first kappa shape index (κ1) is 25.0. The van der Waals surface area contributed by atoms with E-state index < -0.39 is 10.0 Å². The summed E-state index contributed by atoms with van der Waals surface area (Å²) in [6, 6.07) is 18.6. The Labute approximate surface area is 214 Å². The van der Waals surface area contributed by atoms with E-state index >= 15 is 0 Å². The van der Waals surface area contributed by atoms with Gasteiger partial charge in [0.25, 0.3) is 5.91 Å². The van der Waals surface area contributed by atoms with Gasteiger partial charge in [0.1, 0.15) is 0 Å². The fraction of sp³-hybridized carbons (Fsp3) is 0.200. The van der Waals surface area contributed by atoms with Crippen LogP contribution in [-0.4, -0.2) is 33.0 Å². The third kappa shape index (κ3) is 5.78.